The molecule has 0 spiro atoms. The molecule has 3 heteroatoms. The Balaban J connectivity index is -0.000000372. The van der Waals surface area contributed by atoms with E-state index in [2.05, 4.69) is 93.5 Å². The van der Waals surface area contributed by atoms with Gasteiger partial charge < -0.3 is 0 Å². The monoisotopic (exact) mass is 478 g/mol. The Labute approximate surface area is 177 Å². The number of allylic oxidation sites excluding steroid dienone is 4. The van der Waals surface area contributed by atoms with Gasteiger partial charge in [-0.05, 0) is 47.8 Å². The van der Waals surface area contributed by atoms with Gasteiger partial charge in [0, 0.05) is 20.4 Å². The summed E-state index contributed by atoms with van der Waals surface area (Å²) in [5, 5.41) is 0. The molecule has 0 heterocycles. The molecule has 0 radical (unpaired) electrons. The van der Waals surface area contributed by atoms with E-state index < -0.39 is 0 Å². The van der Waals surface area contributed by atoms with Crippen LogP contribution in [0, 0.1) is 0 Å². The second-order valence-electron chi connectivity index (χ2n) is 7.53. The minimum absolute atomic E-state index is 0. The smallest absolute Gasteiger partial charge is 0 e. The topological polar surface area (TPSA) is 0 Å². The van der Waals surface area contributed by atoms with Crippen LogP contribution in [0.1, 0.15) is 82.1 Å². The van der Waals surface area contributed by atoms with Gasteiger partial charge in [-0.3, -0.25) is 0 Å². The van der Waals surface area contributed by atoms with Crippen LogP contribution < -0.4 is 0 Å². The molecule has 0 unspecified atom stereocenters. The van der Waals surface area contributed by atoms with Gasteiger partial charge in [0.2, 0.25) is 0 Å². The van der Waals surface area contributed by atoms with E-state index in [4.69, 9.17) is 0 Å². The van der Waals surface area contributed by atoms with E-state index in [-0.39, 0.29) is 36.3 Å². The fraction of sp³-hybridized carbons (Fsp3) is 0.818. The normalized spacial score (nSPS) is 12.2. The molecule has 0 rings (SSSR count). The summed E-state index contributed by atoms with van der Waals surface area (Å²) in [6, 6.07) is 0. The summed E-state index contributed by atoms with van der Waals surface area (Å²) in [6.07, 6.45) is 14.3. The van der Waals surface area contributed by atoms with Gasteiger partial charge >= 0.3 is 0 Å². The van der Waals surface area contributed by atoms with E-state index in [1.807, 2.05) is 0 Å². The van der Waals surface area contributed by atoms with Gasteiger partial charge in [-0.2, -0.15) is 0 Å². The zero-order valence-corrected chi connectivity index (χ0v) is 22.0. The average Bonchev–Trinajstić information content (AvgIpc) is 2.47. The molecule has 0 aromatic carbocycles. The van der Waals surface area contributed by atoms with Crippen LogP contribution in [0.5, 0.6) is 0 Å². The molecule has 0 aliphatic carbocycles. The Morgan fingerprint density at radius 2 is 0.760 bits per heavy atom. The predicted molar refractivity (Wildman–Crippen MR) is 123 cm³/mol. The second kappa shape index (κ2) is 19.8. The van der Waals surface area contributed by atoms with Crippen LogP contribution in [0.15, 0.2) is 24.3 Å². The molecule has 0 atom stereocenters. The van der Waals surface area contributed by atoms with E-state index in [1.54, 1.807) is 0 Å². The molecular weight excluding hydrogens is 433 g/mol. The van der Waals surface area contributed by atoms with Crippen molar-refractivity contribution in [3.63, 3.8) is 0 Å². The summed E-state index contributed by atoms with van der Waals surface area (Å²) in [4.78, 5) is 0. The van der Waals surface area contributed by atoms with Crippen LogP contribution in [0.25, 0.3) is 0 Å². The molecule has 0 saturated heterocycles. The van der Waals surface area contributed by atoms with Crippen LogP contribution in [0.4, 0.5) is 0 Å². The first kappa shape index (κ1) is 30.7. The van der Waals surface area contributed by atoms with Gasteiger partial charge in [-0.15, -0.1) is 0 Å². The SMILES string of the molecule is CCC=CCP(C(C)C)C(C)C.CCC=CCP(C(C)C)C(C)C.[Pd]. The van der Waals surface area contributed by atoms with E-state index >= 15 is 0 Å². The number of hydrogen-bond acceptors (Lipinski definition) is 0. The summed E-state index contributed by atoms with van der Waals surface area (Å²) < 4.78 is 0. The van der Waals surface area contributed by atoms with E-state index in [0.717, 1.165) is 22.6 Å². The van der Waals surface area contributed by atoms with Crippen molar-refractivity contribution in [2.45, 2.75) is 105 Å². The van der Waals surface area contributed by atoms with Gasteiger partial charge in [0.15, 0.2) is 0 Å². The third-order valence-electron chi connectivity index (χ3n) is 4.09. The van der Waals surface area contributed by atoms with Crippen molar-refractivity contribution >= 4 is 15.8 Å². The number of hydrogen-bond donors (Lipinski definition) is 0. The molecule has 0 saturated carbocycles. The molecule has 0 amide bonds. The molecular formula is C22H46P2Pd. The Kier molecular flexibility index (Phi) is 24.3. The van der Waals surface area contributed by atoms with Gasteiger partial charge in [-0.1, -0.05) is 109 Å². The predicted octanol–water partition coefficient (Wildman–Crippen LogP) is 8.50. The first-order valence-electron chi connectivity index (χ1n) is 10.00. The molecule has 154 valence electrons. The molecule has 0 aromatic heterocycles. The van der Waals surface area contributed by atoms with Crippen molar-refractivity contribution in [1.82, 2.24) is 0 Å². The second-order valence-corrected chi connectivity index (χ2v) is 14.4. The largest absolute Gasteiger partial charge is 0.0976 e. The summed E-state index contributed by atoms with van der Waals surface area (Å²) in [7, 11) is 0.446. The molecule has 0 aliphatic heterocycles. The van der Waals surface area contributed by atoms with Crippen molar-refractivity contribution in [2.24, 2.45) is 0 Å². The first-order valence-corrected chi connectivity index (χ1v) is 13.3. The van der Waals surface area contributed by atoms with Crippen LogP contribution in [0.3, 0.4) is 0 Å². The van der Waals surface area contributed by atoms with Crippen molar-refractivity contribution < 1.29 is 20.4 Å². The zero-order chi connectivity index (χ0) is 19.1. The maximum atomic E-state index is 2.37. The van der Waals surface area contributed by atoms with Crippen LogP contribution in [0.2, 0.25) is 0 Å². The fourth-order valence-corrected chi connectivity index (χ4v) is 7.62. The van der Waals surface area contributed by atoms with E-state index in [0.29, 0.717) is 0 Å². The fourth-order valence-electron chi connectivity index (χ4n) is 2.76. The minimum Gasteiger partial charge on any atom is -0.0976 e. The third kappa shape index (κ3) is 18.1. The zero-order valence-electron chi connectivity index (χ0n) is 18.7. The van der Waals surface area contributed by atoms with Crippen LogP contribution in [-0.4, -0.2) is 35.0 Å². The van der Waals surface area contributed by atoms with Crippen LogP contribution >= 0.6 is 15.8 Å². The molecule has 0 aromatic rings. The Morgan fingerprint density at radius 3 is 0.920 bits per heavy atom. The van der Waals surface area contributed by atoms with Crippen molar-refractivity contribution in [1.29, 1.82) is 0 Å². The van der Waals surface area contributed by atoms with Crippen LogP contribution in [-0.2, 0) is 20.4 Å². The Morgan fingerprint density at radius 1 is 0.520 bits per heavy atom. The quantitative estimate of drug-likeness (QED) is 0.168. The Hall–Kier alpha value is 1.00. The average molecular weight is 479 g/mol. The number of rotatable bonds is 10. The van der Waals surface area contributed by atoms with Gasteiger partial charge in [0.05, 0.1) is 0 Å². The molecule has 0 nitrogen and oxygen atoms in total. The van der Waals surface area contributed by atoms with Gasteiger partial charge in [0.1, 0.15) is 0 Å². The van der Waals surface area contributed by atoms with E-state index in [1.165, 1.54) is 25.2 Å². The third-order valence-corrected chi connectivity index (χ3v) is 10.7. The maximum absolute atomic E-state index is 2.37. The first-order chi connectivity index (χ1) is 11.2. The van der Waals surface area contributed by atoms with Gasteiger partial charge in [0.25, 0.3) is 0 Å². The molecule has 0 bridgehead atoms. The van der Waals surface area contributed by atoms with Crippen molar-refractivity contribution in [3.05, 3.63) is 24.3 Å². The minimum atomic E-state index is 0. The molecule has 25 heavy (non-hydrogen) atoms. The van der Waals surface area contributed by atoms with Crippen molar-refractivity contribution in [3.8, 4) is 0 Å². The summed E-state index contributed by atoms with van der Waals surface area (Å²) >= 11 is 0. The molecule has 0 fully saturated rings. The van der Waals surface area contributed by atoms with Gasteiger partial charge in [-0.25, -0.2) is 0 Å². The Bertz CT molecular complexity index is 272. The molecule has 0 aliphatic rings. The standard InChI is InChI=1S/2C11H23P.Pd/c2*1-6-7-8-9-12(10(2)3)11(4)5;/h2*7-8,10-11H,6,9H2,1-5H3;. The van der Waals surface area contributed by atoms with E-state index in [9.17, 15) is 0 Å². The summed E-state index contributed by atoms with van der Waals surface area (Å²) in [5.41, 5.74) is 3.51. The maximum Gasteiger partial charge on any atom is 0 e. The summed E-state index contributed by atoms with van der Waals surface area (Å²) in [5.74, 6) is 0. The summed E-state index contributed by atoms with van der Waals surface area (Å²) in [6.45, 7) is 23.2. The molecule has 0 N–H and O–H groups in total. The van der Waals surface area contributed by atoms with Crippen molar-refractivity contribution in [2.75, 3.05) is 12.3 Å².